The number of hydrogen-bond acceptors (Lipinski definition) is 4. The molecule has 5 heteroatoms. The maximum atomic E-state index is 5.30. The fraction of sp³-hybridized carbons (Fsp3) is 0.833. The van der Waals surface area contributed by atoms with Crippen LogP contribution in [0.25, 0.3) is 0 Å². The zero-order valence-corrected chi connectivity index (χ0v) is 11.3. The van der Waals surface area contributed by atoms with E-state index in [4.69, 9.17) is 4.74 Å². The second kappa shape index (κ2) is 7.40. The van der Waals surface area contributed by atoms with Gasteiger partial charge in [-0.1, -0.05) is 6.92 Å². The molecule has 0 fully saturated rings. The Morgan fingerprint density at radius 3 is 2.88 bits per heavy atom. The summed E-state index contributed by atoms with van der Waals surface area (Å²) in [5.41, 5.74) is 0. The second-order valence-electron chi connectivity index (χ2n) is 4.37. The number of rotatable bonds is 8. The van der Waals surface area contributed by atoms with Crippen LogP contribution >= 0.6 is 0 Å². The van der Waals surface area contributed by atoms with Gasteiger partial charge in [0.15, 0.2) is 0 Å². The maximum Gasteiger partial charge on any atom is 0.138 e. The molecule has 0 amide bonds. The average Bonchev–Trinajstić information content (AvgIpc) is 2.76. The van der Waals surface area contributed by atoms with Crippen LogP contribution in [0.15, 0.2) is 6.33 Å². The first kappa shape index (κ1) is 14.1. The topological polar surface area (TPSA) is 52.0 Å². The summed E-state index contributed by atoms with van der Waals surface area (Å²) < 4.78 is 7.28. The number of nitrogens with one attached hydrogen (secondary N) is 1. The SMILES string of the molecule is CCCn1ncnc1CC(CC(C)OC)NC. The molecular formula is C12H24N4O. The van der Waals surface area contributed by atoms with Crippen molar-refractivity contribution >= 4 is 0 Å². The van der Waals surface area contributed by atoms with Crippen molar-refractivity contribution in [1.29, 1.82) is 0 Å². The Kier molecular flexibility index (Phi) is 6.15. The van der Waals surface area contributed by atoms with E-state index >= 15 is 0 Å². The van der Waals surface area contributed by atoms with Crippen LogP contribution in [0.1, 0.15) is 32.5 Å². The van der Waals surface area contributed by atoms with Gasteiger partial charge in [-0.15, -0.1) is 0 Å². The number of hydrogen-bond donors (Lipinski definition) is 1. The third-order valence-corrected chi connectivity index (χ3v) is 2.99. The molecular weight excluding hydrogens is 216 g/mol. The summed E-state index contributed by atoms with van der Waals surface area (Å²) in [5.74, 6) is 1.05. The molecule has 0 spiro atoms. The predicted octanol–water partition coefficient (Wildman–Crippen LogP) is 1.24. The van der Waals surface area contributed by atoms with Gasteiger partial charge in [0.25, 0.3) is 0 Å². The van der Waals surface area contributed by atoms with E-state index in [9.17, 15) is 0 Å². The summed E-state index contributed by atoms with van der Waals surface area (Å²) in [4.78, 5) is 4.33. The number of methoxy groups -OCH3 is 1. The molecule has 1 N–H and O–H groups in total. The highest BCUT2D eigenvalue weighted by molar-refractivity contribution is 4.90. The van der Waals surface area contributed by atoms with Crippen molar-refractivity contribution in [1.82, 2.24) is 20.1 Å². The van der Waals surface area contributed by atoms with Crippen molar-refractivity contribution in [3.8, 4) is 0 Å². The van der Waals surface area contributed by atoms with Crippen molar-refractivity contribution in [3.63, 3.8) is 0 Å². The molecule has 0 aromatic carbocycles. The molecule has 5 nitrogen and oxygen atoms in total. The highest BCUT2D eigenvalue weighted by Crippen LogP contribution is 2.07. The van der Waals surface area contributed by atoms with Crippen molar-refractivity contribution < 1.29 is 4.74 Å². The van der Waals surface area contributed by atoms with Crippen molar-refractivity contribution in [3.05, 3.63) is 12.2 Å². The zero-order chi connectivity index (χ0) is 12.7. The lowest BCUT2D eigenvalue weighted by molar-refractivity contribution is 0.101. The highest BCUT2D eigenvalue weighted by atomic mass is 16.5. The van der Waals surface area contributed by atoms with Crippen LogP contribution in [0.5, 0.6) is 0 Å². The molecule has 1 aromatic rings. The van der Waals surface area contributed by atoms with E-state index < -0.39 is 0 Å². The second-order valence-corrected chi connectivity index (χ2v) is 4.37. The van der Waals surface area contributed by atoms with Gasteiger partial charge in [-0.3, -0.25) is 4.68 Å². The summed E-state index contributed by atoms with van der Waals surface area (Å²) in [6, 6.07) is 0.379. The Labute approximate surface area is 104 Å². The van der Waals surface area contributed by atoms with Crippen LogP contribution < -0.4 is 5.32 Å². The van der Waals surface area contributed by atoms with E-state index in [0.29, 0.717) is 6.04 Å². The van der Waals surface area contributed by atoms with E-state index in [-0.39, 0.29) is 6.10 Å². The average molecular weight is 240 g/mol. The first-order valence-electron chi connectivity index (χ1n) is 6.28. The number of nitrogens with zero attached hydrogens (tertiary/aromatic N) is 3. The maximum absolute atomic E-state index is 5.30. The number of aromatic nitrogens is 3. The standard InChI is InChI=1S/C12H24N4O/c1-5-6-16-12(14-9-15-16)8-11(13-3)7-10(2)17-4/h9-11,13H,5-8H2,1-4H3. The number of likely N-dealkylation sites (N-methyl/N-ethyl adjacent to an activating group) is 1. The summed E-state index contributed by atoms with van der Waals surface area (Å²) in [5, 5.41) is 7.55. The largest absolute Gasteiger partial charge is 0.382 e. The van der Waals surface area contributed by atoms with E-state index in [2.05, 4.69) is 29.2 Å². The quantitative estimate of drug-likeness (QED) is 0.743. The van der Waals surface area contributed by atoms with Crippen LogP contribution in [-0.4, -0.2) is 41.1 Å². The van der Waals surface area contributed by atoms with Crippen molar-refractivity contribution in [2.45, 2.75) is 51.8 Å². The Morgan fingerprint density at radius 2 is 2.29 bits per heavy atom. The fourth-order valence-corrected chi connectivity index (χ4v) is 1.87. The molecule has 1 heterocycles. The first-order chi connectivity index (χ1) is 8.21. The lowest BCUT2D eigenvalue weighted by Crippen LogP contribution is -2.32. The molecule has 1 rings (SSSR count). The van der Waals surface area contributed by atoms with Crippen LogP contribution in [0, 0.1) is 0 Å². The normalized spacial score (nSPS) is 14.8. The van der Waals surface area contributed by atoms with Crippen molar-refractivity contribution in [2.24, 2.45) is 0 Å². The van der Waals surface area contributed by atoms with E-state index in [1.54, 1.807) is 13.4 Å². The van der Waals surface area contributed by atoms with Crippen LogP contribution in [0.4, 0.5) is 0 Å². The van der Waals surface area contributed by atoms with Gasteiger partial charge >= 0.3 is 0 Å². The molecule has 0 saturated heterocycles. The molecule has 0 aliphatic carbocycles. The van der Waals surface area contributed by atoms with Gasteiger partial charge in [0.1, 0.15) is 12.2 Å². The molecule has 0 radical (unpaired) electrons. The van der Waals surface area contributed by atoms with Gasteiger partial charge in [-0.2, -0.15) is 5.10 Å². The molecule has 1 aromatic heterocycles. The monoisotopic (exact) mass is 240 g/mol. The van der Waals surface area contributed by atoms with Crippen molar-refractivity contribution in [2.75, 3.05) is 14.2 Å². The Morgan fingerprint density at radius 1 is 1.53 bits per heavy atom. The molecule has 0 aliphatic heterocycles. The van der Waals surface area contributed by atoms with E-state index in [0.717, 1.165) is 31.6 Å². The van der Waals surface area contributed by atoms with Crippen LogP contribution in [0.3, 0.4) is 0 Å². The molecule has 0 bridgehead atoms. The first-order valence-corrected chi connectivity index (χ1v) is 6.28. The zero-order valence-electron chi connectivity index (χ0n) is 11.3. The highest BCUT2D eigenvalue weighted by Gasteiger charge is 2.14. The summed E-state index contributed by atoms with van der Waals surface area (Å²) >= 11 is 0. The summed E-state index contributed by atoms with van der Waals surface area (Å²) in [6.45, 7) is 5.17. The molecule has 2 unspecified atom stereocenters. The summed E-state index contributed by atoms with van der Waals surface area (Å²) in [7, 11) is 3.73. The van der Waals surface area contributed by atoms with Gasteiger partial charge in [0.2, 0.25) is 0 Å². The predicted molar refractivity (Wildman–Crippen MR) is 68.0 cm³/mol. The minimum absolute atomic E-state index is 0.259. The van der Waals surface area contributed by atoms with Gasteiger partial charge < -0.3 is 10.1 Å². The smallest absolute Gasteiger partial charge is 0.138 e. The van der Waals surface area contributed by atoms with Gasteiger partial charge in [0.05, 0.1) is 6.10 Å². The Bertz CT molecular complexity index is 313. The fourth-order valence-electron chi connectivity index (χ4n) is 1.87. The lowest BCUT2D eigenvalue weighted by atomic mass is 10.1. The Hall–Kier alpha value is -0.940. The number of ether oxygens (including phenoxy) is 1. The third kappa shape index (κ3) is 4.44. The number of aryl methyl sites for hydroxylation is 1. The minimum Gasteiger partial charge on any atom is -0.382 e. The lowest BCUT2D eigenvalue weighted by Gasteiger charge is -2.19. The molecule has 2 atom stereocenters. The third-order valence-electron chi connectivity index (χ3n) is 2.99. The van der Waals surface area contributed by atoms with Crippen LogP contribution in [-0.2, 0) is 17.7 Å². The van der Waals surface area contributed by atoms with E-state index in [1.807, 2.05) is 11.7 Å². The van der Waals surface area contributed by atoms with Gasteiger partial charge in [-0.05, 0) is 26.8 Å². The molecule has 98 valence electrons. The molecule has 17 heavy (non-hydrogen) atoms. The van der Waals surface area contributed by atoms with Crippen LogP contribution in [0.2, 0.25) is 0 Å². The molecule has 0 saturated carbocycles. The Balaban J connectivity index is 2.57. The van der Waals surface area contributed by atoms with E-state index in [1.165, 1.54) is 0 Å². The van der Waals surface area contributed by atoms with Gasteiger partial charge in [0, 0.05) is 26.1 Å². The minimum atomic E-state index is 0.259. The molecule has 0 aliphatic rings. The summed E-state index contributed by atoms with van der Waals surface area (Å²) in [6.07, 6.45) is 4.85. The van der Waals surface area contributed by atoms with Gasteiger partial charge in [-0.25, -0.2) is 4.98 Å².